The Bertz CT molecular complexity index is 759. The minimum absolute atomic E-state index is 0.00936. The van der Waals surface area contributed by atoms with Crippen LogP contribution in [-0.2, 0) is 21.8 Å². The number of rotatable bonds is 4. The number of alkyl halides is 3. The number of hydrogen-bond donors (Lipinski definition) is 1. The average molecular weight is 321 g/mol. The highest BCUT2D eigenvalue weighted by Crippen LogP contribution is 2.32. The van der Waals surface area contributed by atoms with Gasteiger partial charge in [0.1, 0.15) is 17.1 Å². The van der Waals surface area contributed by atoms with Crippen LogP contribution in [0.15, 0.2) is 16.7 Å². The van der Waals surface area contributed by atoms with Crippen molar-refractivity contribution >= 4 is 9.84 Å². The van der Waals surface area contributed by atoms with E-state index in [1.54, 1.807) is 0 Å². The van der Waals surface area contributed by atoms with Crippen LogP contribution in [0.25, 0.3) is 11.6 Å². The van der Waals surface area contributed by atoms with Gasteiger partial charge in [-0.25, -0.2) is 8.42 Å². The molecule has 0 aliphatic heterocycles. The second kappa shape index (κ2) is 4.58. The molecule has 114 valence electrons. The van der Waals surface area contributed by atoms with Crippen LogP contribution in [0.1, 0.15) is 24.4 Å². The summed E-state index contributed by atoms with van der Waals surface area (Å²) < 4.78 is 65.7. The maximum Gasteiger partial charge on any atom is 0.431 e. The SMILES string of the molecule is O=S(=O)(Cc1noc(-c2ccc(C(F)(F)F)[nH]2)n1)C1CC1. The van der Waals surface area contributed by atoms with Gasteiger partial charge in [0.15, 0.2) is 15.7 Å². The first-order valence-corrected chi connectivity index (χ1v) is 7.78. The van der Waals surface area contributed by atoms with Gasteiger partial charge in [-0.15, -0.1) is 0 Å². The van der Waals surface area contributed by atoms with Crippen LogP contribution < -0.4 is 0 Å². The number of aromatic nitrogens is 3. The van der Waals surface area contributed by atoms with Crippen LogP contribution in [0.4, 0.5) is 13.2 Å². The Labute approximate surface area is 117 Å². The first-order valence-electron chi connectivity index (χ1n) is 6.06. The average Bonchev–Trinajstić information content (AvgIpc) is 2.94. The third-order valence-corrected chi connectivity index (χ3v) is 5.20. The van der Waals surface area contributed by atoms with Crippen LogP contribution in [-0.4, -0.2) is 28.8 Å². The monoisotopic (exact) mass is 321 g/mol. The molecule has 0 unspecified atom stereocenters. The third-order valence-electron chi connectivity index (χ3n) is 3.05. The van der Waals surface area contributed by atoms with E-state index >= 15 is 0 Å². The molecule has 1 N–H and O–H groups in total. The lowest BCUT2D eigenvalue weighted by Gasteiger charge is -2.01. The standard InChI is InChI=1S/C11H10F3N3O3S/c12-11(13,14)8-4-3-7(15-8)10-16-9(17-20-10)5-21(18,19)6-1-2-6/h3-4,6,15H,1-2,5H2. The van der Waals surface area contributed by atoms with E-state index in [1.165, 1.54) is 0 Å². The molecular formula is C11H10F3N3O3S. The smallest absolute Gasteiger partial charge is 0.347 e. The quantitative estimate of drug-likeness (QED) is 0.932. The molecule has 0 radical (unpaired) electrons. The van der Waals surface area contributed by atoms with E-state index in [0.717, 1.165) is 12.1 Å². The van der Waals surface area contributed by atoms with E-state index in [4.69, 9.17) is 4.52 Å². The molecule has 0 aromatic carbocycles. The zero-order valence-corrected chi connectivity index (χ0v) is 11.3. The summed E-state index contributed by atoms with van der Waals surface area (Å²) in [4.78, 5) is 5.93. The second-order valence-electron chi connectivity index (χ2n) is 4.81. The van der Waals surface area contributed by atoms with Gasteiger partial charge in [0, 0.05) is 0 Å². The largest absolute Gasteiger partial charge is 0.431 e. The lowest BCUT2D eigenvalue weighted by Crippen LogP contribution is -2.10. The van der Waals surface area contributed by atoms with Gasteiger partial charge in [0.25, 0.3) is 5.89 Å². The van der Waals surface area contributed by atoms with E-state index < -0.39 is 21.7 Å². The summed E-state index contributed by atoms with van der Waals surface area (Å²) >= 11 is 0. The van der Waals surface area contributed by atoms with Crippen LogP contribution in [0.5, 0.6) is 0 Å². The van der Waals surface area contributed by atoms with Crippen LogP contribution in [0.2, 0.25) is 0 Å². The van der Waals surface area contributed by atoms with Crippen molar-refractivity contribution in [3.63, 3.8) is 0 Å². The van der Waals surface area contributed by atoms with Crippen molar-refractivity contribution in [2.45, 2.75) is 30.0 Å². The van der Waals surface area contributed by atoms with Gasteiger partial charge in [0.05, 0.1) is 5.25 Å². The summed E-state index contributed by atoms with van der Waals surface area (Å²) in [6.07, 6.45) is -3.26. The molecular weight excluding hydrogens is 311 g/mol. The second-order valence-corrected chi connectivity index (χ2v) is 7.09. The molecule has 10 heteroatoms. The molecule has 1 aliphatic rings. The molecule has 0 spiro atoms. The van der Waals surface area contributed by atoms with Crippen LogP contribution in [0.3, 0.4) is 0 Å². The highest BCUT2D eigenvalue weighted by molar-refractivity contribution is 7.91. The van der Waals surface area contributed by atoms with Gasteiger partial charge >= 0.3 is 6.18 Å². The fourth-order valence-electron chi connectivity index (χ4n) is 1.83. The maximum absolute atomic E-state index is 12.5. The number of hydrogen-bond acceptors (Lipinski definition) is 5. The van der Waals surface area contributed by atoms with Crippen molar-refractivity contribution in [3.05, 3.63) is 23.7 Å². The molecule has 2 aromatic rings. The molecule has 2 aromatic heterocycles. The van der Waals surface area contributed by atoms with E-state index in [1.807, 2.05) is 0 Å². The Morgan fingerprint density at radius 3 is 2.62 bits per heavy atom. The summed E-state index contributed by atoms with van der Waals surface area (Å²) in [6, 6.07) is 2.00. The number of nitrogens with zero attached hydrogens (tertiary/aromatic N) is 2. The normalized spacial score (nSPS) is 16.3. The van der Waals surface area contributed by atoms with Gasteiger partial charge in [-0.1, -0.05) is 5.16 Å². The van der Waals surface area contributed by atoms with E-state index in [9.17, 15) is 21.6 Å². The topological polar surface area (TPSA) is 88.9 Å². The molecule has 1 saturated carbocycles. The minimum atomic E-state index is -4.50. The molecule has 0 amide bonds. The summed E-state index contributed by atoms with van der Waals surface area (Å²) in [5, 5.41) is 3.13. The highest BCUT2D eigenvalue weighted by Gasteiger charge is 2.37. The van der Waals surface area contributed by atoms with Gasteiger partial charge in [-0.2, -0.15) is 18.2 Å². The molecule has 1 fully saturated rings. The van der Waals surface area contributed by atoms with Crippen molar-refractivity contribution in [1.29, 1.82) is 0 Å². The predicted molar refractivity (Wildman–Crippen MR) is 64.7 cm³/mol. The Morgan fingerprint density at radius 2 is 2.05 bits per heavy atom. The number of sulfone groups is 1. The van der Waals surface area contributed by atoms with Crippen molar-refractivity contribution in [3.8, 4) is 11.6 Å². The van der Waals surface area contributed by atoms with Crippen molar-refractivity contribution in [1.82, 2.24) is 15.1 Å². The van der Waals surface area contributed by atoms with Gasteiger partial charge in [-0.3, -0.25) is 0 Å². The summed E-state index contributed by atoms with van der Waals surface area (Å²) in [6.45, 7) is 0. The molecule has 0 saturated heterocycles. The lowest BCUT2D eigenvalue weighted by molar-refractivity contribution is -0.140. The van der Waals surface area contributed by atoms with E-state index in [-0.39, 0.29) is 28.4 Å². The van der Waals surface area contributed by atoms with Gasteiger partial charge in [-0.05, 0) is 25.0 Å². The molecule has 1 aliphatic carbocycles. The number of aromatic amines is 1. The highest BCUT2D eigenvalue weighted by atomic mass is 32.2. The zero-order chi connectivity index (χ0) is 15.3. The van der Waals surface area contributed by atoms with Crippen molar-refractivity contribution in [2.24, 2.45) is 0 Å². The first-order chi connectivity index (χ1) is 9.75. The number of H-pyrrole nitrogens is 1. The Balaban J connectivity index is 1.80. The molecule has 2 heterocycles. The van der Waals surface area contributed by atoms with Crippen molar-refractivity contribution < 1.29 is 26.1 Å². The molecule has 0 atom stereocenters. The molecule has 3 rings (SSSR count). The van der Waals surface area contributed by atoms with Gasteiger partial charge < -0.3 is 9.51 Å². The summed E-state index contributed by atoms with van der Waals surface area (Å²) in [5.74, 6) is -0.597. The fraction of sp³-hybridized carbons (Fsp3) is 0.455. The number of nitrogens with one attached hydrogen (secondary N) is 1. The van der Waals surface area contributed by atoms with Crippen LogP contribution >= 0.6 is 0 Å². The summed E-state index contributed by atoms with van der Waals surface area (Å²) in [7, 11) is -3.30. The zero-order valence-electron chi connectivity index (χ0n) is 10.5. The lowest BCUT2D eigenvalue weighted by atomic mass is 10.4. The van der Waals surface area contributed by atoms with Gasteiger partial charge in [0.2, 0.25) is 0 Å². The fourth-order valence-corrected chi connectivity index (χ4v) is 3.40. The van der Waals surface area contributed by atoms with Crippen molar-refractivity contribution in [2.75, 3.05) is 0 Å². The molecule has 6 nitrogen and oxygen atoms in total. The minimum Gasteiger partial charge on any atom is -0.347 e. The predicted octanol–water partition coefficient (Wildman–Crippen LogP) is 2.16. The van der Waals surface area contributed by atoms with E-state index in [0.29, 0.717) is 12.8 Å². The maximum atomic E-state index is 12.5. The Hall–Kier alpha value is -1.84. The van der Waals surface area contributed by atoms with E-state index in [2.05, 4.69) is 15.1 Å². The molecule has 21 heavy (non-hydrogen) atoms. The van der Waals surface area contributed by atoms with Crippen LogP contribution in [0, 0.1) is 0 Å². The third kappa shape index (κ3) is 2.94. The number of halogens is 3. The summed E-state index contributed by atoms with van der Waals surface area (Å²) in [5.41, 5.74) is -0.951. The molecule has 0 bridgehead atoms. The Morgan fingerprint density at radius 1 is 1.33 bits per heavy atom. The Kier molecular flexibility index (Phi) is 3.08. The first kappa shape index (κ1) is 14.1.